The fourth-order valence-corrected chi connectivity index (χ4v) is 3.32. The number of anilines is 1. The summed E-state index contributed by atoms with van der Waals surface area (Å²) in [6.07, 6.45) is 3.64. The van der Waals surface area contributed by atoms with Gasteiger partial charge in [-0.1, -0.05) is 15.9 Å². The summed E-state index contributed by atoms with van der Waals surface area (Å²) in [4.78, 5) is 21.2. The number of aromatic nitrogens is 1. The molecule has 1 aromatic rings. The van der Waals surface area contributed by atoms with E-state index in [1.165, 1.54) is 0 Å². The first-order valence-electron chi connectivity index (χ1n) is 7.47. The van der Waals surface area contributed by atoms with Crippen molar-refractivity contribution in [2.24, 2.45) is 5.92 Å². The predicted molar refractivity (Wildman–Crippen MR) is 86.1 cm³/mol. The molecule has 1 saturated carbocycles. The van der Waals surface area contributed by atoms with Crippen molar-refractivity contribution in [3.63, 3.8) is 0 Å². The topological polar surface area (TPSA) is 48.5 Å². The van der Waals surface area contributed by atoms with Gasteiger partial charge in [-0.15, -0.1) is 0 Å². The minimum absolute atomic E-state index is 0.103. The van der Waals surface area contributed by atoms with Crippen LogP contribution in [0.4, 0.5) is 5.82 Å². The van der Waals surface area contributed by atoms with Gasteiger partial charge in [0.05, 0.1) is 0 Å². The van der Waals surface area contributed by atoms with Gasteiger partial charge in [-0.3, -0.25) is 9.69 Å². The summed E-state index contributed by atoms with van der Waals surface area (Å²) >= 11 is 3.38. The molecule has 1 aliphatic heterocycles. The lowest BCUT2D eigenvalue weighted by Crippen LogP contribution is -2.54. The molecule has 5 nitrogen and oxygen atoms in total. The molecule has 1 N–H and O–H groups in total. The van der Waals surface area contributed by atoms with Crippen molar-refractivity contribution in [2.45, 2.75) is 18.9 Å². The SMILES string of the molecule is CN1CCN(C2CC(C(=O)Nc3cc(Br)ccn3)C2)CC1. The smallest absolute Gasteiger partial charge is 0.228 e. The number of nitrogens with zero attached hydrogens (tertiary/aromatic N) is 3. The Kier molecular flexibility index (Phi) is 4.57. The van der Waals surface area contributed by atoms with Gasteiger partial charge in [0.2, 0.25) is 5.91 Å². The Balaban J connectivity index is 1.46. The maximum Gasteiger partial charge on any atom is 0.228 e. The van der Waals surface area contributed by atoms with Crippen LogP contribution >= 0.6 is 15.9 Å². The Labute approximate surface area is 133 Å². The van der Waals surface area contributed by atoms with E-state index < -0.39 is 0 Å². The van der Waals surface area contributed by atoms with E-state index in [1.54, 1.807) is 6.20 Å². The van der Waals surface area contributed by atoms with Gasteiger partial charge in [-0.05, 0) is 32.0 Å². The van der Waals surface area contributed by atoms with Crippen molar-refractivity contribution in [1.29, 1.82) is 0 Å². The summed E-state index contributed by atoms with van der Waals surface area (Å²) in [6, 6.07) is 4.27. The fourth-order valence-electron chi connectivity index (χ4n) is 2.99. The Morgan fingerprint density at radius 3 is 2.71 bits per heavy atom. The highest BCUT2D eigenvalue weighted by Gasteiger charge is 2.38. The third-order valence-electron chi connectivity index (χ3n) is 4.51. The second-order valence-electron chi connectivity index (χ2n) is 6.01. The molecule has 1 aromatic heterocycles. The van der Waals surface area contributed by atoms with Crippen LogP contribution in [0, 0.1) is 5.92 Å². The Hall–Kier alpha value is -0.980. The molecule has 0 unspecified atom stereocenters. The van der Waals surface area contributed by atoms with Crippen LogP contribution in [0.5, 0.6) is 0 Å². The summed E-state index contributed by atoms with van der Waals surface area (Å²) in [5.74, 6) is 0.860. The number of likely N-dealkylation sites (N-methyl/N-ethyl adjacent to an activating group) is 1. The van der Waals surface area contributed by atoms with Crippen molar-refractivity contribution < 1.29 is 4.79 Å². The number of piperazine rings is 1. The van der Waals surface area contributed by atoms with E-state index in [4.69, 9.17) is 0 Å². The average Bonchev–Trinajstić information content (AvgIpc) is 2.39. The summed E-state index contributed by atoms with van der Waals surface area (Å²) < 4.78 is 0.928. The maximum atomic E-state index is 12.2. The highest BCUT2D eigenvalue weighted by Crippen LogP contribution is 2.33. The van der Waals surface area contributed by atoms with E-state index in [1.807, 2.05) is 12.1 Å². The van der Waals surface area contributed by atoms with Crippen molar-refractivity contribution in [3.8, 4) is 0 Å². The van der Waals surface area contributed by atoms with E-state index >= 15 is 0 Å². The fraction of sp³-hybridized carbons (Fsp3) is 0.600. The molecule has 1 saturated heterocycles. The molecule has 21 heavy (non-hydrogen) atoms. The van der Waals surface area contributed by atoms with Crippen LogP contribution in [0.25, 0.3) is 0 Å². The van der Waals surface area contributed by atoms with Crippen molar-refractivity contribution in [2.75, 3.05) is 38.5 Å². The van der Waals surface area contributed by atoms with Crippen LogP contribution < -0.4 is 5.32 Å². The molecule has 6 heteroatoms. The quantitative estimate of drug-likeness (QED) is 0.901. The summed E-state index contributed by atoms with van der Waals surface area (Å²) in [5, 5.41) is 2.91. The normalized spacial score (nSPS) is 27.1. The molecule has 2 fully saturated rings. The summed E-state index contributed by atoms with van der Waals surface area (Å²) in [6.45, 7) is 4.52. The number of pyridine rings is 1. The van der Waals surface area contributed by atoms with Crippen LogP contribution in [0.3, 0.4) is 0 Å². The van der Waals surface area contributed by atoms with Crippen LogP contribution in [-0.4, -0.2) is 60.0 Å². The summed E-state index contributed by atoms with van der Waals surface area (Å²) in [7, 11) is 2.17. The first-order valence-corrected chi connectivity index (χ1v) is 8.26. The lowest BCUT2D eigenvalue weighted by molar-refractivity contribution is -0.124. The van der Waals surface area contributed by atoms with E-state index in [0.717, 1.165) is 43.5 Å². The van der Waals surface area contributed by atoms with E-state index in [9.17, 15) is 4.79 Å². The predicted octanol–water partition coefficient (Wildman–Crippen LogP) is 1.81. The van der Waals surface area contributed by atoms with E-state index in [0.29, 0.717) is 11.9 Å². The number of hydrogen-bond acceptors (Lipinski definition) is 4. The van der Waals surface area contributed by atoms with Gasteiger partial charge in [0.25, 0.3) is 0 Å². The molecule has 2 aliphatic rings. The molecule has 3 rings (SSSR count). The van der Waals surface area contributed by atoms with Gasteiger partial charge in [0.1, 0.15) is 5.82 Å². The highest BCUT2D eigenvalue weighted by molar-refractivity contribution is 9.10. The van der Waals surface area contributed by atoms with Crippen molar-refractivity contribution >= 4 is 27.7 Å². The molecule has 0 bridgehead atoms. The molecule has 0 spiro atoms. The van der Waals surface area contributed by atoms with Gasteiger partial charge in [0.15, 0.2) is 0 Å². The molecule has 0 radical (unpaired) electrons. The van der Waals surface area contributed by atoms with Crippen LogP contribution in [0.2, 0.25) is 0 Å². The number of carbonyl (C=O) groups is 1. The Bertz CT molecular complexity index is 510. The number of amides is 1. The van der Waals surface area contributed by atoms with Crippen LogP contribution in [0.1, 0.15) is 12.8 Å². The third kappa shape index (κ3) is 3.62. The first kappa shape index (κ1) is 14.9. The largest absolute Gasteiger partial charge is 0.310 e. The zero-order chi connectivity index (χ0) is 14.8. The van der Waals surface area contributed by atoms with Gasteiger partial charge < -0.3 is 10.2 Å². The molecule has 114 valence electrons. The van der Waals surface area contributed by atoms with E-state index in [2.05, 4.69) is 43.1 Å². The maximum absolute atomic E-state index is 12.2. The average molecular weight is 353 g/mol. The minimum atomic E-state index is 0.103. The van der Waals surface area contributed by atoms with Gasteiger partial charge in [0, 0.05) is 48.8 Å². The number of hydrogen-bond donors (Lipinski definition) is 1. The summed E-state index contributed by atoms with van der Waals surface area (Å²) in [5.41, 5.74) is 0. The molecule has 1 amide bonds. The lowest BCUT2D eigenvalue weighted by Gasteiger charge is -2.45. The van der Waals surface area contributed by atoms with E-state index in [-0.39, 0.29) is 11.8 Å². The molecule has 0 atom stereocenters. The monoisotopic (exact) mass is 352 g/mol. The zero-order valence-electron chi connectivity index (χ0n) is 12.3. The van der Waals surface area contributed by atoms with Crippen LogP contribution in [0.15, 0.2) is 22.8 Å². The highest BCUT2D eigenvalue weighted by atomic mass is 79.9. The molecule has 0 aromatic carbocycles. The lowest BCUT2D eigenvalue weighted by atomic mass is 9.78. The number of nitrogens with one attached hydrogen (secondary N) is 1. The van der Waals surface area contributed by atoms with Crippen molar-refractivity contribution in [3.05, 3.63) is 22.8 Å². The van der Waals surface area contributed by atoms with Gasteiger partial charge in [-0.2, -0.15) is 0 Å². The Morgan fingerprint density at radius 1 is 1.33 bits per heavy atom. The molecule has 2 heterocycles. The number of rotatable bonds is 3. The molecule has 1 aliphatic carbocycles. The third-order valence-corrected chi connectivity index (χ3v) is 5.00. The van der Waals surface area contributed by atoms with Crippen LogP contribution in [-0.2, 0) is 4.79 Å². The zero-order valence-corrected chi connectivity index (χ0v) is 13.8. The van der Waals surface area contributed by atoms with Gasteiger partial charge >= 0.3 is 0 Å². The Morgan fingerprint density at radius 2 is 2.05 bits per heavy atom. The molecular formula is C15H21BrN4O. The molecular weight excluding hydrogens is 332 g/mol. The standard InChI is InChI=1S/C15H21BrN4O/c1-19-4-6-20(7-5-19)13-8-11(9-13)15(21)18-14-10-12(16)2-3-17-14/h2-3,10-11,13H,4-9H2,1H3,(H,17,18,21). The first-order chi connectivity index (χ1) is 10.1. The van der Waals surface area contributed by atoms with Gasteiger partial charge in [-0.25, -0.2) is 4.98 Å². The second-order valence-corrected chi connectivity index (χ2v) is 6.93. The second kappa shape index (κ2) is 6.42. The minimum Gasteiger partial charge on any atom is -0.310 e. The van der Waals surface area contributed by atoms with Crippen molar-refractivity contribution in [1.82, 2.24) is 14.8 Å². The number of carbonyl (C=O) groups excluding carboxylic acids is 1. The number of halogens is 1.